The topological polar surface area (TPSA) is 85.8 Å². The van der Waals surface area contributed by atoms with Crippen LogP contribution in [0.25, 0.3) is 0 Å². The molecule has 0 atom stereocenters. The molecule has 0 unspecified atom stereocenters. The quantitative estimate of drug-likeness (QED) is 0.891. The van der Waals surface area contributed by atoms with Gasteiger partial charge in [-0.1, -0.05) is 20.8 Å². The van der Waals surface area contributed by atoms with Crippen molar-refractivity contribution in [3.63, 3.8) is 0 Å². The van der Waals surface area contributed by atoms with Crippen molar-refractivity contribution < 1.29 is 4.79 Å². The number of carbonyl (C=O) groups is 1. The van der Waals surface area contributed by atoms with Crippen LogP contribution in [0.1, 0.15) is 37.0 Å². The lowest BCUT2D eigenvalue weighted by molar-refractivity contribution is 0.101. The molecular formula is C14H20ClN5O. The number of aromatic nitrogens is 3. The van der Waals surface area contributed by atoms with Gasteiger partial charge in [-0.05, 0) is 18.2 Å². The SMILES string of the molecule is Cl.Cn1nc(C(C)(C)C)cc1C(=O)Nc1ccc(N)nc1. The van der Waals surface area contributed by atoms with Crippen LogP contribution >= 0.6 is 12.4 Å². The zero-order valence-electron chi connectivity index (χ0n) is 12.5. The van der Waals surface area contributed by atoms with E-state index in [1.807, 2.05) is 0 Å². The summed E-state index contributed by atoms with van der Waals surface area (Å²) < 4.78 is 1.58. The first-order valence-corrected chi connectivity index (χ1v) is 6.35. The minimum absolute atomic E-state index is 0. The average Bonchev–Trinajstić information content (AvgIpc) is 2.74. The summed E-state index contributed by atoms with van der Waals surface area (Å²) in [6, 6.07) is 5.15. The Balaban J connectivity index is 0.00000220. The number of hydrogen-bond donors (Lipinski definition) is 2. The summed E-state index contributed by atoms with van der Waals surface area (Å²) in [6.45, 7) is 6.17. The van der Waals surface area contributed by atoms with Crippen molar-refractivity contribution in [3.05, 3.63) is 35.8 Å². The van der Waals surface area contributed by atoms with Gasteiger partial charge < -0.3 is 11.1 Å². The molecule has 2 heterocycles. The van der Waals surface area contributed by atoms with Gasteiger partial charge in [-0.25, -0.2) is 4.98 Å². The van der Waals surface area contributed by atoms with Crippen LogP contribution in [0.5, 0.6) is 0 Å². The van der Waals surface area contributed by atoms with E-state index in [9.17, 15) is 4.79 Å². The molecule has 21 heavy (non-hydrogen) atoms. The van der Waals surface area contributed by atoms with Crippen LogP contribution in [0.15, 0.2) is 24.4 Å². The molecule has 2 rings (SSSR count). The Bertz CT molecular complexity index is 628. The van der Waals surface area contributed by atoms with Gasteiger partial charge in [0.25, 0.3) is 5.91 Å². The second-order valence-corrected chi connectivity index (χ2v) is 5.71. The van der Waals surface area contributed by atoms with E-state index in [-0.39, 0.29) is 23.7 Å². The van der Waals surface area contributed by atoms with Gasteiger partial charge in [0.15, 0.2) is 0 Å². The lowest BCUT2D eigenvalue weighted by Gasteiger charge is -2.13. The Morgan fingerprint density at radius 3 is 2.48 bits per heavy atom. The van der Waals surface area contributed by atoms with Crippen molar-refractivity contribution in [3.8, 4) is 0 Å². The van der Waals surface area contributed by atoms with Gasteiger partial charge in [-0.15, -0.1) is 12.4 Å². The number of halogens is 1. The summed E-state index contributed by atoms with van der Waals surface area (Å²) in [6.07, 6.45) is 1.52. The number of carbonyl (C=O) groups excluding carboxylic acids is 1. The third-order valence-electron chi connectivity index (χ3n) is 2.93. The smallest absolute Gasteiger partial charge is 0.273 e. The number of aryl methyl sites for hydroxylation is 1. The first-order valence-electron chi connectivity index (χ1n) is 6.35. The lowest BCUT2D eigenvalue weighted by atomic mass is 9.92. The van der Waals surface area contributed by atoms with Crippen LogP contribution in [-0.4, -0.2) is 20.7 Å². The van der Waals surface area contributed by atoms with Gasteiger partial charge in [0, 0.05) is 12.5 Å². The molecule has 0 aromatic carbocycles. The van der Waals surface area contributed by atoms with Crippen molar-refractivity contribution in [2.24, 2.45) is 7.05 Å². The summed E-state index contributed by atoms with van der Waals surface area (Å²) in [7, 11) is 1.76. The van der Waals surface area contributed by atoms with E-state index in [0.29, 0.717) is 17.2 Å². The van der Waals surface area contributed by atoms with Gasteiger partial charge in [-0.2, -0.15) is 5.10 Å². The first kappa shape index (κ1) is 17.0. The molecule has 2 aromatic rings. The fraction of sp³-hybridized carbons (Fsp3) is 0.357. The highest BCUT2D eigenvalue weighted by atomic mass is 35.5. The third kappa shape index (κ3) is 3.95. The number of nitrogens with zero attached hydrogens (tertiary/aromatic N) is 3. The fourth-order valence-electron chi connectivity index (χ4n) is 1.72. The van der Waals surface area contributed by atoms with Gasteiger partial charge in [0.1, 0.15) is 11.5 Å². The Labute approximate surface area is 130 Å². The Hall–Kier alpha value is -2.08. The average molecular weight is 310 g/mol. The van der Waals surface area contributed by atoms with Crippen molar-refractivity contribution in [1.29, 1.82) is 0 Å². The predicted octanol–water partition coefficient (Wildman–Crippen LogP) is 2.37. The minimum Gasteiger partial charge on any atom is -0.384 e. The molecule has 0 bridgehead atoms. The highest BCUT2D eigenvalue weighted by molar-refractivity contribution is 6.03. The first-order chi connectivity index (χ1) is 9.27. The van der Waals surface area contributed by atoms with Gasteiger partial charge in [0.2, 0.25) is 0 Å². The summed E-state index contributed by atoms with van der Waals surface area (Å²) in [4.78, 5) is 16.2. The van der Waals surface area contributed by atoms with Gasteiger partial charge in [0.05, 0.1) is 17.6 Å². The standard InChI is InChI=1S/C14H19N5O.ClH/c1-14(2,3)11-7-10(19(4)18-11)13(20)17-9-5-6-12(15)16-8-9;/h5-8H,1-4H3,(H2,15,16)(H,17,20);1H. The Morgan fingerprint density at radius 2 is 2.00 bits per heavy atom. The van der Waals surface area contributed by atoms with Crippen molar-refractivity contribution in [2.75, 3.05) is 11.1 Å². The van der Waals surface area contributed by atoms with Crippen LogP contribution in [0.2, 0.25) is 0 Å². The van der Waals surface area contributed by atoms with Crippen molar-refractivity contribution in [1.82, 2.24) is 14.8 Å². The number of nitrogen functional groups attached to an aromatic ring is 1. The predicted molar refractivity (Wildman–Crippen MR) is 85.8 cm³/mol. The molecule has 0 spiro atoms. The van der Waals surface area contributed by atoms with E-state index in [4.69, 9.17) is 5.73 Å². The molecule has 0 saturated heterocycles. The molecule has 2 aromatic heterocycles. The molecule has 114 valence electrons. The number of nitrogens with two attached hydrogens (primary N) is 1. The van der Waals surface area contributed by atoms with E-state index in [2.05, 4.69) is 36.2 Å². The summed E-state index contributed by atoms with van der Waals surface area (Å²) in [5.41, 5.74) is 7.39. The van der Waals surface area contributed by atoms with Crippen molar-refractivity contribution >= 4 is 29.8 Å². The summed E-state index contributed by atoms with van der Waals surface area (Å²) in [5.74, 6) is 0.195. The monoisotopic (exact) mass is 309 g/mol. The maximum absolute atomic E-state index is 12.2. The number of anilines is 2. The molecule has 0 aliphatic rings. The van der Waals surface area contributed by atoms with E-state index in [1.165, 1.54) is 6.20 Å². The second-order valence-electron chi connectivity index (χ2n) is 5.71. The molecule has 7 heteroatoms. The highest BCUT2D eigenvalue weighted by Crippen LogP contribution is 2.21. The molecule has 0 saturated carbocycles. The number of nitrogens with one attached hydrogen (secondary N) is 1. The zero-order chi connectivity index (χ0) is 14.9. The summed E-state index contributed by atoms with van der Waals surface area (Å²) in [5, 5.41) is 7.15. The highest BCUT2D eigenvalue weighted by Gasteiger charge is 2.21. The minimum atomic E-state index is -0.220. The lowest BCUT2D eigenvalue weighted by Crippen LogP contribution is -2.16. The van der Waals surface area contributed by atoms with E-state index >= 15 is 0 Å². The number of pyridine rings is 1. The molecule has 0 fully saturated rings. The second kappa shape index (κ2) is 6.13. The largest absolute Gasteiger partial charge is 0.384 e. The van der Waals surface area contributed by atoms with E-state index in [0.717, 1.165) is 5.69 Å². The maximum Gasteiger partial charge on any atom is 0.273 e. The maximum atomic E-state index is 12.2. The third-order valence-corrected chi connectivity index (χ3v) is 2.93. The van der Waals surface area contributed by atoms with Gasteiger partial charge in [-0.3, -0.25) is 9.48 Å². The normalized spacial score (nSPS) is 10.9. The Morgan fingerprint density at radius 1 is 1.33 bits per heavy atom. The molecular weight excluding hydrogens is 290 g/mol. The number of rotatable bonds is 2. The molecule has 3 N–H and O–H groups in total. The van der Waals surface area contributed by atoms with Crippen molar-refractivity contribution in [2.45, 2.75) is 26.2 Å². The fourth-order valence-corrected chi connectivity index (χ4v) is 1.72. The Kier molecular flexibility index (Phi) is 4.96. The summed E-state index contributed by atoms with van der Waals surface area (Å²) >= 11 is 0. The number of amides is 1. The van der Waals surface area contributed by atoms with E-state index < -0.39 is 0 Å². The van der Waals surface area contributed by atoms with Crippen LogP contribution in [-0.2, 0) is 12.5 Å². The zero-order valence-corrected chi connectivity index (χ0v) is 13.4. The molecule has 6 nitrogen and oxygen atoms in total. The molecule has 0 radical (unpaired) electrons. The number of hydrogen-bond acceptors (Lipinski definition) is 4. The van der Waals surface area contributed by atoms with Crippen LogP contribution < -0.4 is 11.1 Å². The molecule has 1 amide bonds. The van der Waals surface area contributed by atoms with Gasteiger partial charge >= 0.3 is 0 Å². The van der Waals surface area contributed by atoms with E-state index in [1.54, 1.807) is 29.9 Å². The molecule has 0 aliphatic heterocycles. The van der Waals surface area contributed by atoms with Crippen LogP contribution in [0, 0.1) is 0 Å². The van der Waals surface area contributed by atoms with Crippen LogP contribution in [0.4, 0.5) is 11.5 Å². The van der Waals surface area contributed by atoms with Crippen LogP contribution in [0.3, 0.4) is 0 Å². The molecule has 0 aliphatic carbocycles.